The van der Waals surface area contributed by atoms with Crippen molar-refractivity contribution in [1.29, 1.82) is 0 Å². The highest BCUT2D eigenvalue weighted by atomic mass is 35.5. The molecule has 3 N–H and O–H groups in total. The lowest BCUT2D eigenvalue weighted by molar-refractivity contribution is -0.345. The average molecular weight is 288 g/mol. The molecule has 0 spiro atoms. The third-order valence-corrected chi connectivity index (χ3v) is 4.26. The van der Waals surface area contributed by atoms with Crippen LogP contribution < -0.4 is 10.7 Å². The number of benzene rings is 2. The van der Waals surface area contributed by atoms with E-state index in [-0.39, 0.29) is 0 Å². The number of aromatic amines is 1. The van der Waals surface area contributed by atoms with Gasteiger partial charge in [-0.25, -0.2) is 4.98 Å². The summed E-state index contributed by atoms with van der Waals surface area (Å²) in [5.74, 6) is 0. The fraction of sp³-hybridized carbons (Fsp3) is 0. The SMILES string of the molecule is Nc1ccccc1Sc1cc[nH+]c2cc(Cl)ccc12. The van der Waals surface area contributed by atoms with Gasteiger partial charge in [-0.3, -0.25) is 0 Å². The molecule has 2 aromatic carbocycles. The fourth-order valence-corrected chi connectivity index (χ4v) is 3.09. The van der Waals surface area contributed by atoms with Crippen molar-refractivity contribution in [2.24, 2.45) is 0 Å². The van der Waals surface area contributed by atoms with E-state index in [4.69, 9.17) is 17.3 Å². The van der Waals surface area contributed by atoms with E-state index in [1.165, 1.54) is 0 Å². The predicted molar refractivity (Wildman–Crippen MR) is 80.5 cm³/mol. The Hall–Kier alpha value is -1.71. The highest BCUT2D eigenvalue weighted by Crippen LogP contribution is 2.35. The van der Waals surface area contributed by atoms with Crippen molar-refractivity contribution in [2.75, 3.05) is 5.73 Å². The van der Waals surface area contributed by atoms with E-state index in [9.17, 15) is 0 Å². The van der Waals surface area contributed by atoms with Crippen LogP contribution in [0.3, 0.4) is 0 Å². The van der Waals surface area contributed by atoms with Crippen molar-refractivity contribution >= 4 is 40.0 Å². The number of hydrogen-bond donors (Lipinski definition) is 1. The Morgan fingerprint density at radius 1 is 1.00 bits per heavy atom. The number of anilines is 1. The van der Waals surface area contributed by atoms with Crippen LogP contribution in [0.1, 0.15) is 0 Å². The van der Waals surface area contributed by atoms with Gasteiger partial charge in [0.25, 0.3) is 0 Å². The summed E-state index contributed by atoms with van der Waals surface area (Å²) in [5, 5.41) is 1.87. The Balaban J connectivity index is 2.09. The normalized spacial score (nSPS) is 10.8. The highest BCUT2D eigenvalue weighted by molar-refractivity contribution is 7.99. The molecule has 3 aromatic rings. The van der Waals surface area contributed by atoms with Crippen LogP contribution in [0.4, 0.5) is 5.69 Å². The first-order valence-corrected chi connectivity index (χ1v) is 7.06. The zero-order chi connectivity index (χ0) is 13.2. The summed E-state index contributed by atoms with van der Waals surface area (Å²) in [7, 11) is 0. The van der Waals surface area contributed by atoms with Crippen LogP contribution >= 0.6 is 23.4 Å². The van der Waals surface area contributed by atoms with Crippen molar-refractivity contribution in [2.45, 2.75) is 9.79 Å². The largest absolute Gasteiger partial charge is 0.398 e. The van der Waals surface area contributed by atoms with E-state index in [0.29, 0.717) is 0 Å². The molecule has 4 heteroatoms. The first-order valence-electron chi connectivity index (χ1n) is 5.86. The molecule has 2 nitrogen and oxygen atoms in total. The second-order valence-electron chi connectivity index (χ2n) is 4.17. The lowest BCUT2D eigenvalue weighted by Crippen LogP contribution is -2.02. The highest BCUT2D eigenvalue weighted by Gasteiger charge is 2.09. The molecule has 19 heavy (non-hydrogen) atoms. The monoisotopic (exact) mass is 287 g/mol. The standard InChI is InChI=1S/C15H11ClN2S/c16-10-5-6-11-13(9-10)18-8-7-14(11)19-15-4-2-1-3-12(15)17/h1-9H,17H2/p+1. The molecule has 0 aliphatic heterocycles. The molecule has 0 radical (unpaired) electrons. The third kappa shape index (κ3) is 2.53. The Morgan fingerprint density at radius 2 is 1.84 bits per heavy atom. The number of fused-ring (bicyclic) bond motifs is 1. The lowest BCUT2D eigenvalue weighted by Gasteiger charge is -2.06. The number of pyridine rings is 1. The summed E-state index contributed by atoms with van der Waals surface area (Å²) in [6.07, 6.45) is 1.92. The predicted octanol–water partition coefficient (Wildman–Crippen LogP) is 4.04. The molecule has 0 aliphatic carbocycles. The molecule has 1 aromatic heterocycles. The number of halogens is 1. The van der Waals surface area contributed by atoms with Gasteiger partial charge in [-0.1, -0.05) is 35.5 Å². The molecule has 0 atom stereocenters. The maximum atomic E-state index is 6.01. The smallest absolute Gasteiger partial charge is 0.213 e. The maximum absolute atomic E-state index is 6.01. The molecule has 94 valence electrons. The van der Waals surface area contributed by atoms with Gasteiger partial charge in [0.05, 0.1) is 5.39 Å². The number of para-hydroxylation sites is 1. The Morgan fingerprint density at radius 3 is 2.68 bits per heavy atom. The second kappa shape index (κ2) is 5.11. The van der Waals surface area contributed by atoms with Crippen LogP contribution in [0.5, 0.6) is 0 Å². The van der Waals surface area contributed by atoms with E-state index >= 15 is 0 Å². The molecular weight excluding hydrogens is 276 g/mol. The van der Waals surface area contributed by atoms with E-state index in [2.05, 4.69) is 4.98 Å². The minimum Gasteiger partial charge on any atom is -0.398 e. The molecule has 0 fully saturated rings. The quantitative estimate of drug-likeness (QED) is 0.723. The first kappa shape index (κ1) is 12.3. The number of aromatic nitrogens is 1. The van der Waals surface area contributed by atoms with Gasteiger partial charge in [-0.05, 0) is 24.3 Å². The van der Waals surface area contributed by atoms with Crippen LogP contribution in [-0.2, 0) is 0 Å². The van der Waals surface area contributed by atoms with Gasteiger partial charge in [0.2, 0.25) is 5.52 Å². The van der Waals surface area contributed by atoms with Gasteiger partial charge in [0.1, 0.15) is 0 Å². The van der Waals surface area contributed by atoms with Gasteiger partial charge in [-0.15, -0.1) is 0 Å². The number of H-pyrrole nitrogens is 1. The zero-order valence-corrected chi connectivity index (χ0v) is 11.6. The summed E-state index contributed by atoms with van der Waals surface area (Å²) in [6.45, 7) is 0. The molecule has 0 unspecified atom stereocenters. The Bertz CT molecular complexity index is 743. The maximum Gasteiger partial charge on any atom is 0.213 e. The van der Waals surface area contributed by atoms with Gasteiger partial charge in [-0.2, -0.15) is 0 Å². The first-order chi connectivity index (χ1) is 9.24. The van der Waals surface area contributed by atoms with Crippen molar-refractivity contribution < 1.29 is 4.98 Å². The molecule has 0 amide bonds. The van der Waals surface area contributed by atoms with Gasteiger partial charge >= 0.3 is 0 Å². The van der Waals surface area contributed by atoms with Crippen LogP contribution in [-0.4, -0.2) is 0 Å². The summed E-state index contributed by atoms with van der Waals surface area (Å²) in [4.78, 5) is 5.42. The minimum atomic E-state index is 0.727. The van der Waals surface area contributed by atoms with Gasteiger partial charge in [0.15, 0.2) is 6.20 Å². The van der Waals surface area contributed by atoms with Crippen molar-refractivity contribution in [3.63, 3.8) is 0 Å². The van der Waals surface area contributed by atoms with Crippen LogP contribution in [0.25, 0.3) is 10.9 Å². The molecule has 1 heterocycles. The summed E-state index contributed by atoms with van der Waals surface area (Å²) < 4.78 is 0. The summed E-state index contributed by atoms with van der Waals surface area (Å²) in [6, 6.07) is 15.8. The molecule has 0 bridgehead atoms. The van der Waals surface area contributed by atoms with E-state index < -0.39 is 0 Å². The number of rotatable bonds is 2. The molecule has 3 rings (SSSR count). The Labute approximate surface area is 120 Å². The van der Waals surface area contributed by atoms with Crippen LogP contribution in [0, 0.1) is 0 Å². The summed E-state index contributed by atoms with van der Waals surface area (Å²) >= 11 is 7.67. The minimum absolute atomic E-state index is 0.727. The third-order valence-electron chi connectivity index (χ3n) is 2.86. The average Bonchev–Trinajstić information content (AvgIpc) is 2.41. The van der Waals surface area contributed by atoms with Crippen LogP contribution in [0.2, 0.25) is 5.02 Å². The molecular formula is C15H12ClN2S+. The number of nitrogen functional groups attached to an aromatic ring is 1. The fourth-order valence-electron chi connectivity index (χ4n) is 1.93. The lowest BCUT2D eigenvalue weighted by atomic mass is 10.2. The second-order valence-corrected chi connectivity index (χ2v) is 5.69. The van der Waals surface area contributed by atoms with Gasteiger partial charge in [0, 0.05) is 32.6 Å². The van der Waals surface area contributed by atoms with Crippen molar-refractivity contribution in [3.05, 3.63) is 59.8 Å². The molecule has 0 saturated heterocycles. The van der Waals surface area contributed by atoms with Gasteiger partial charge < -0.3 is 5.73 Å². The van der Waals surface area contributed by atoms with Crippen molar-refractivity contribution in [3.8, 4) is 0 Å². The molecule has 0 aliphatic rings. The zero-order valence-electron chi connectivity index (χ0n) is 10.1. The Kier molecular flexibility index (Phi) is 3.32. The van der Waals surface area contributed by atoms with E-state index in [0.717, 1.165) is 31.4 Å². The van der Waals surface area contributed by atoms with E-state index in [1.54, 1.807) is 11.8 Å². The number of hydrogen-bond acceptors (Lipinski definition) is 2. The number of nitrogens with two attached hydrogens (primary N) is 1. The summed E-state index contributed by atoms with van der Waals surface area (Å²) in [5.41, 5.74) is 7.80. The van der Waals surface area contributed by atoms with Crippen LogP contribution in [0.15, 0.2) is 64.5 Å². The van der Waals surface area contributed by atoms with E-state index in [1.807, 2.05) is 54.7 Å². The topological polar surface area (TPSA) is 40.2 Å². The molecule has 0 saturated carbocycles. The number of nitrogens with one attached hydrogen (secondary N) is 1. The van der Waals surface area contributed by atoms with Crippen molar-refractivity contribution in [1.82, 2.24) is 0 Å².